The van der Waals surface area contributed by atoms with Crippen LogP contribution in [-0.4, -0.2) is 18.9 Å². The van der Waals surface area contributed by atoms with Crippen LogP contribution in [0, 0.1) is 0 Å². The molecule has 5 nitrogen and oxygen atoms in total. The van der Waals surface area contributed by atoms with Crippen LogP contribution < -0.4 is 4.74 Å². The third-order valence-corrected chi connectivity index (χ3v) is 2.59. The van der Waals surface area contributed by atoms with Crippen LogP contribution in [0.25, 0.3) is 11.1 Å². The first-order valence-corrected chi connectivity index (χ1v) is 6.41. The lowest BCUT2D eigenvalue weighted by Crippen LogP contribution is -2.17. The summed E-state index contributed by atoms with van der Waals surface area (Å²) in [6.45, 7) is 1.73. The van der Waals surface area contributed by atoms with Crippen molar-refractivity contribution in [1.82, 2.24) is 0 Å². The fraction of sp³-hybridized carbons (Fsp3) is 0.125. The second kappa shape index (κ2) is 7.09. The SMILES string of the molecule is CCOC(=O)OC(=O)Oc1ccccc1-c1ccccc1. The molecule has 0 aromatic heterocycles. The summed E-state index contributed by atoms with van der Waals surface area (Å²) in [5.41, 5.74) is 1.61. The number of para-hydroxylation sites is 1. The maximum Gasteiger partial charge on any atom is 0.524 e. The van der Waals surface area contributed by atoms with Crippen LogP contribution in [-0.2, 0) is 9.47 Å². The molecule has 0 aliphatic rings. The van der Waals surface area contributed by atoms with Crippen molar-refractivity contribution in [3.8, 4) is 16.9 Å². The van der Waals surface area contributed by atoms with E-state index in [1.165, 1.54) is 0 Å². The van der Waals surface area contributed by atoms with E-state index in [1.807, 2.05) is 42.5 Å². The minimum atomic E-state index is -1.13. The molecular formula is C16H14O5. The molecule has 0 spiro atoms. The van der Waals surface area contributed by atoms with E-state index in [0.29, 0.717) is 5.75 Å². The Hall–Kier alpha value is -2.82. The van der Waals surface area contributed by atoms with Gasteiger partial charge in [0.2, 0.25) is 0 Å². The minimum Gasteiger partial charge on any atom is -0.434 e. The predicted octanol–water partition coefficient (Wildman–Crippen LogP) is 4.03. The molecule has 0 unspecified atom stereocenters. The zero-order valence-corrected chi connectivity index (χ0v) is 11.4. The summed E-state index contributed by atoms with van der Waals surface area (Å²) >= 11 is 0. The summed E-state index contributed by atoms with van der Waals surface area (Å²) in [7, 11) is 0. The molecule has 2 aromatic carbocycles. The summed E-state index contributed by atoms with van der Waals surface area (Å²) in [6.07, 6.45) is -2.21. The highest BCUT2D eigenvalue weighted by molar-refractivity contribution is 5.80. The summed E-state index contributed by atoms with van der Waals surface area (Å²) in [4.78, 5) is 22.6. The summed E-state index contributed by atoms with van der Waals surface area (Å²) in [5.74, 6) is 0.304. The molecule has 0 N–H and O–H groups in total. The molecule has 0 bridgehead atoms. The molecule has 2 rings (SSSR count). The van der Waals surface area contributed by atoms with E-state index in [9.17, 15) is 9.59 Å². The number of hydrogen-bond acceptors (Lipinski definition) is 5. The second-order valence-corrected chi connectivity index (χ2v) is 4.00. The average molecular weight is 286 g/mol. The van der Waals surface area contributed by atoms with Crippen molar-refractivity contribution in [3.63, 3.8) is 0 Å². The van der Waals surface area contributed by atoms with E-state index in [2.05, 4.69) is 9.47 Å². The highest BCUT2D eigenvalue weighted by Gasteiger charge is 2.15. The standard InChI is InChI=1S/C16H14O5/c1-2-19-15(17)21-16(18)20-14-11-7-6-10-13(14)12-8-4-3-5-9-12/h3-11H,2H2,1H3. The summed E-state index contributed by atoms with van der Waals surface area (Å²) in [5, 5.41) is 0. The second-order valence-electron chi connectivity index (χ2n) is 4.00. The van der Waals surface area contributed by atoms with Crippen LogP contribution in [0.2, 0.25) is 0 Å². The molecule has 0 aliphatic heterocycles. The Labute approximate surface area is 122 Å². The largest absolute Gasteiger partial charge is 0.524 e. The zero-order valence-electron chi connectivity index (χ0n) is 11.4. The van der Waals surface area contributed by atoms with E-state index in [0.717, 1.165) is 11.1 Å². The van der Waals surface area contributed by atoms with Crippen molar-refractivity contribution in [2.75, 3.05) is 6.61 Å². The molecular weight excluding hydrogens is 272 g/mol. The topological polar surface area (TPSA) is 61.8 Å². The van der Waals surface area contributed by atoms with Gasteiger partial charge in [0.25, 0.3) is 0 Å². The zero-order chi connectivity index (χ0) is 15.1. The Kier molecular flexibility index (Phi) is 4.93. The molecule has 108 valence electrons. The van der Waals surface area contributed by atoms with Crippen molar-refractivity contribution in [2.24, 2.45) is 0 Å². The van der Waals surface area contributed by atoms with Gasteiger partial charge in [-0.25, -0.2) is 9.59 Å². The first-order chi connectivity index (χ1) is 10.2. The fourth-order valence-corrected chi connectivity index (χ4v) is 1.74. The van der Waals surface area contributed by atoms with Gasteiger partial charge in [-0.15, -0.1) is 0 Å². The predicted molar refractivity (Wildman–Crippen MR) is 76.0 cm³/mol. The first-order valence-electron chi connectivity index (χ1n) is 6.41. The van der Waals surface area contributed by atoms with Crippen molar-refractivity contribution < 1.29 is 23.8 Å². The van der Waals surface area contributed by atoms with Gasteiger partial charge >= 0.3 is 12.3 Å². The number of rotatable bonds is 3. The molecule has 0 radical (unpaired) electrons. The number of carbonyl (C=O) groups is 2. The molecule has 0 saturated heterocycles. The quantitative estimate of drug-likeness (QED) is 0.484. The molecule has 21 heavy (non-hydrogen) atoms. The number of ether oxygens (including phenoxy) is 3. The molecule has 2 aromatic rings. The molecule has 5 heteroatoms. The maximum absolute atomic E-state index is 11.5. The third kappa shape index (κ3) is 4.07. The monoisotopic (exact) mass is 286 g/mol. The maximum atomic E-state index is 11.5. The third-order valence-electron chi connectivity index (χ3n) is 2.59. The van der Waals surface area contributed by atoms with Crippen molar-refractivity contribution in [2.45, 2.75) is 6.92 Å². The van der Waals surface area contributed by atoms with Crippen LogP contribution in [0.4, 0.5) is 9.59 Å². The van der Waals surface area contributed by atoms with Gasteiger partial charge in [0.15, 0.2) is 0 Å². The Balaban J connectivity index is 2.14. The van der Waals surface area contributed by atoms with Crippen LogP contribution in [0.1, 0.15) is 6.92 Å². The van der Waals surface area contributed by atoms with Gasteiger partial charge in [0.1, 0.15) is 5.75 Å². The van der Waals surface area contributed by atoms with E-state index >= 15 is 0 Å². The number of carbonyl (C=O) groups excluding carboxylic acids is 2. The van der Waals surface area contributed by atoms with Gasteiger partial charge in [-0.3, -0.25) is 0 Å². The van der Waals surface area contributed by atoms with Crippen LogP contribution in [0.3, 0.4) is 0 Å². The normalized spacial score (nSPS) is 9.76. The lowest BCUT2D eigenvalue weighted by molar-refractivity contribution is 0.0612. The van der Waals surface area contributed by atoms with Crippen LogP contribution >= 0.6 is 0 Å². The lowest BCUT2D eigenvalue weighted by Gasteiger charge is -2.09. The van der Waals surface area contributed by atoms with Gasteiger partial charge in [0, 0.05) is 5.56 Å². The van der Waals surface area contributed by atoms with Crippen molar-refractivity contribution in [3.05, 3.63) is 54.6 Å². The molecule has 0 amide bonds. The van der Waals surface area contributed by atoms with Crippen LogP contribution in [0.5, 0.6) is 5.75 Å². The average Bonchev–Trinajstić information content (AvgIpc) is 2.48. The Morgan fingerprint density at radius 3 is 2.29 bits per heavy atom. The Morgan fingerprint density at radius 1 is 0.905 bits per heavy atom. The molecule has 0 saturated carbocycles. The van der Waals surface area contributed by atoms with E-state index in [4.69, 9.17) is 4.74 Å². The summed E-state index contributed by atoms with van der Waals surface area (Å²) in [6, 6.07) is 16.4. The van der Waals surface area contributed by atoms with E-state index in [1.54, 1.807) is 19.1 Å². The first kappa shape index (κ1) is 14.6. The van der Waals surface area contributed by atoms with Crippen molar-refractivity contribution in [1.29, 1.82) is 0 Å². The van der Waals surface area contributed by atoms with Gasteiger partial charge in [-0.1, -0.05) is 48.5 Å². The Bertz CT molecular complexity index is 622. The highest BCUT2D eigenvalue weighted by Crippen LogP contribution is 2.29. The minimum absolute atomic E-state index is 0.118. The van der Waals surface area contributed by atoms with E-state index in [-0.39, 0.29) is 6.61 Å². The highest BCUT2D eigenvalue weighted by atomic mass is 16.8. The number of benzene rings is 2. The van der Waals surface area contributed by atoms with Gasteiger partial charge < -0.3 is 14.2 Å². The van der Waals surface area contributed by atoms with Crippen molar-refractivity contribution >= 4 is 12.3 Å². The molecule has 0 heterocycles. The van der Waals surface area contributed by atoms with Crippen LogP contribution in [0.15, 0.2) is 54.6 Å². The van der Waals surface area contributed by atoms with Gasteiger partial charge in [-0.2, -0.15) is 0 Å². The molecule has 0 fully saturated rings. The fourth-order valence-electron chi connectivity index (χ4n) is 1.74. The Morgan fingerprint density at radius 2 is 1.57 bits per heavy atom. The smallest absolute Gasteiger partial charge is 0.434 e. The summed E-state index contributed by atoms with van der Waals surface area (Å²) < 4.78 is 13.9. The van der Waals surface area contributed by atoms with Gasteiger partial charge in [0.05, 0.1) is 6.61 Å². The number of hydrogen-bond donors (Lipinski definition) is 0. The molecule has 0 atom stereocenters. The lowest BCUT2D eigenvalue weighted by atomic mass is 10.1. The molecule has 0 aliphatic carbocycles. The van der Waals surface area contributed by atoms with E-state index < -0.39 is 12.3 Å². The van der Waals surface area contributed by atoms with Gasteiger partial charge in [-0.05, 0) is 18.6 Å².